The van der Waals surface area contributed by atoms with Crippen LogP contribution in [0.1, 0.15) is 10.6 Å². The molecular weight excluding hydrogens is 250 g/mol. The van der Waals surface area contributed by atoms with Gasteiger partial charge in [-0.15, -0.1) is 0 Å². The Bertz CT molecular complexity index is 571. The number of para-hydroxylation sites is 1. The Morgan fingerprint density at radius 2 is 2.16 bits per heavy atom. The zero-order valence-corrected chi connectivity index (χ0v) is 10.3. The fourth-order valence-electron chi connectivity index (χ4n) is 1.64. The first-order valence-electron chi connectivity index (χ1n) is 5.64. The van der Waals surface area contributed by atoms with Gasteiger partial charge in [-0.05, 0) is 12.1 Å². The van der Waals surface area contributed by atoms with Crippen molar-refractivity contribution < 1.29 is 23.8 Å². The topological polar surface area (TPSA) is 88.8 Å². The molecule has 0 radical (unpaired) electrons. The fraction of sp³-hybridized carbons (Fsp3) is 0.231. The molecule has 0 unspecified atom stereocenters. The maximum Gasteiger partial charge on any atom is 0.330 e. The summed E-state index contributed by atoms with van der Waals surface area (Å²) in [4.78, 5) is 23.1. The van der Waals surface area contributed by atoms with Gasteiger partial charge in [-0.25, -0.2) is 4.79 Å². The third-order valence-corrected chi connectivity index (χ3v) is 2.62. The Hall–Kier alpha value is -2.34. The number of furan rings is 1. The number of carbonyl (C=O) groups is 2. The first-order valence-corrected chi connectivity index (χ1v) is 5.64. The van der Waals surface area contributed by atoms with Crippen molar-refractivity contribution >= 4 is 22.8 Å². The number of hydrogen-bond donors (Lipinski definition) is 2. The van der Waals surface area contributed by atoms with Gasteiger partial charge >= 0.3 is 5.97 Å². The van der Waals surface area contributed by atoms with Crippen molar-refractivity contribution in [1.82, 2.24) is 5.32 Å². The van der Waals surface area contributed by atoms with Crippen LogP contribution in [0, 0.1) is 0 Å². The van der Waals surface area contributed by atoms with Gasteiger partial charge in [-0.3, -0.25) is 4.79 Å². The molecule has 0 aliphatic carbocycles. The highest BCUT2D eigenvalue weighted by Crippen LogP contribution is 2.18. The van der Waals surface area contributed by atoms with Crippen molar-refractivity contribution in [2.24, 2.45) is 0 Å². The Kier molecular flexibility index (Phi) is 3.82. The van der Waals surface area contributed by atoms with Gasteiger partial charge in [0.2, 0.25) is 0 Å². The average Bonchev–Trinajstić information content (AvgIpc) is 2.87. The molecule has 1 aromatic heterocycles. The lowest BCUT2D eigenvalue weighted by molar-refractivity contribution is -0.143. The number of carbonyl (C=O) groups excluding carboxylic acids is 2. The molecule has 0 aliphatic rings. The molecule has 0 spiro atoms. The number of aliphatic hydroxyl groups excluding tert-OH is 1. The van der Waals surface area contributed by atoms with Crippen molar-refractivity contribution in [2.45, 2.75) is 6.04 Å². The summed E-state index contributed by atoms with van der Waals surface area (Å²) in [5.41, 5.74) is 0.575. The van der Waals surface area contributed by atoms with E-state index in [4.69, 9.17) is 9.52 Å². The summed E-state index contributed by atoms with van der Waals surface area (Å²) in [5.74, 6) is -1.23. The van der Waals surface area contributed by atoms with E-state index in [1.807, 2.05) is 6.07 Å². The zero-order chi connectivity index (χ0) is 13.8. The Morgan fingerprint density at radius 1 is 1.42 bits per heavy atom. The number of methoxy groups -OCH3 is 1. The first-order chi connectivity index (χ1) is 9.15. The van der Waals surface area contributed by atoms with Gasteiger partial charge in [0.05, 0.1) is 13.7 Å². The van der Waals surface area contributed by atoms with Gasteiger partial charge in [-0.2, -0.15) is 0 Å². The summed E-state index contributed by atoms with van der Waals surface area (Å²) >= 11 is 0. The normalized spacial score (nSPS) is 12.1. The van der Waals surface area contributed by atoms with Crippen LogP contribution in [0.15, 0.2) is 34.7 Å². The van der Waals surface area contributed by atoms with Crippen LogP contribution in [-0.4, -0.2) is 36.7 Å². The highest BCUT2D eigenvalue weighted by Gasteiger charge is 2.22. The molecule has 2 aromatic rings. The molecule has 0 aliphatic heterocycles. The molecule has 100 valence electrons. The molecule has 2 N–H and O–H groups in total. The van der Waals surface area contributed by atoms with Crippen molar-refractivity contribution in [3.63, 3.8) is 0 Å². The molecular formula is C13H13NO5. The van der Waals surface area contributed by atoms with Crippen LogP contribution >= 0.6 is 0 Å². The van der Waals surface area contributed by atoms with Gasteiger partial charge in [0, 0.05) is 5.39 Å². The van der Waals surface area contributed by atoms with E-state index >= 15 is 0 Å². The van der Waals surface area contributed by atoms with Crippen LogP contribution in [0.5, 0.6) is 0 Å². The maximum atomic E-state index is 11.9. The number of hydrogen-bond acceptors (Lipinski definition) is 5. The van der Waals surface area contributed by atoms with Gasteiger partial charge in [0.25, 0.3) is 5.91 Å². The second kappa shape index (κ2) is 5.53. The van der Waals surface area contributed by atoms with Crippen molar-refractivity contribution in [2.75, 3.05) is 13.7 Å². The predicted octanol–water partition coefficient (Wildman–Crippen LogP) is 0.696. The van der Waals surface area contributed by atoms with Crippen molar-refractivity contribution in [1.29, 1.82) is 0 Å². The number of esters is 1. The number of aliphatic hydroxyl groups is 1. The molecule has 0 bridgehead atoms. The lowest BCUT2D eigenvalue weighted by Crippen LogP contribution is -2.43. The molecule has 0 saturated heterocycles. The Morgan fingerprint density at radius 3 is 2.79 bits per heavy atom. The molecule has 1 amide bonds. The van der Waals surface area contributed by atoms with E-state index in [0.29, 0.717) is 5.58 Å². The quantitative estimate of drug-likeness (QED) is 0.792. The van der Waals surface area contributed by atoms with E-state index in [1.54, 1.807) is 24.3 Å². The van der Waals surface area contributed by atoms with Crippen LogP contribution in [0.4, 0.5) is 0 Å². The van der Waals surface area contributed by atoms with Gasteiger partial charge in [-0.1, -0.05) is 18.2 Å². The van der Waals surface area contributed by atoms with Gasteiger partial charge in [0.15, 0.2) is 11.8 Å². The Balaban J connectivity index is 2.17. The smallest absolute Gasteiger partial charge is 0.330 e. The maximum absolute atomic E-state index is 11.9. The molecule has 1 atom stereocenters. The van der Waals surface area contributed by atoms with Crippen molar-refractivity contribution in [3.05, 3.63) is 36.1 Å². The number of nitrogens with one attached hydrogen (secondary N) is 1. The molecule has 6 heteroatoms. The molecule has 1 aromatic carbocycles. The lowest BCUT2D eigenvalue weighted by Gasteiger charge is -2.12. The van der Waals surface area contributed by atoms with Crippen LogP contribution < -0.4 is 5.32 Å². The summed E-state index contributed by atoms with van der Waals surface area (Å²) < 4.78 is 9.80. The van der Waals surface area contributed by atoms with Crippen LogP contribution in [0.3, 0.4) is 0 Å². The fourth-order valence-corrected chi connectivity index (χ4v) is 1.64. The van der Waals surface area contributed by atoms with Crippen LogP contribution in [0.25, 0.3) is 11.0 Å². The third kappa shape index (κ3) is 2.74. The van der Waals surface area contributed by atoms with E-state index in [-0.39, 0.29) is 5.76 Å². The number of benzene rings is 1. The molecule has 0 fully saturated rings. The number of fused-ring (bicyclic) bond motifs is 1. The number of amides is 1. The number of rotatable bonds is 4. The van der Waals surface area contributed by atoms with E-state index in [2.05, 4.69) is 10.1 Å². The number of ether oxygens (including phenoxy) is 1. The highest BCUT2D eigenvalue weighted by atomic mass is 16.5. The summed E-state index contributed by atoms with van der Waals surface area (Å²) in [6.07, 6.45) is 0. The largest absolute Gasteiger partial charge is 0.467 e. The molecule has 2 rings (SSSR count). The summed E-state index contributed by atoms with van der Waals surface area (Å²) in [6, 6.07) is 7.61. The van der Waals surface area contributed by atoms with Gasteiger partial charge in [0.1, 0.15) is 5.58 Å². The summed E-state index contributed by atoms with van der Waals surface area (Å²) in [7, 11) is 1.18. The standard InChI is InChI=1S/C13H13NO5/c1-18-13(17)9(7-15)14-12(16)11-6-8-4-2-3-5-10(8)19-11/h2-6,9,15H,7H2,1H3,(H,14,16)/t9-/m1/s1. The van der Waals surface area contributed by atoms with Crippen molar-refractivity contribution in [3.8, 4) is 0 Å². The lowest BCUT2D eigenvalue weighted by atomic mass is 10.2. The molecule has 6 nitrogen and oxygen atoms in total. The van der Waals surface area contributed by atoms with E-state index < -0.39 is 24.5 Å². The Labute approximate surface area is 109 Å². The third-order valence-electron chi connectivity index (χ3n) is 2.62. The first kappa shape index (κ1) is 13.1. The summed E-state index contributed by atoms with van der Waals surface area (Å²) in [6.45, 7) is -0.543. The molecule has 1 heterocycles. The van der Waals surface area contributed by atoms with Gasteiger partial charge < -0.3 is 19.6 Å². The zero-order valence-electron chi connectivity index (χ0n) is 10.3. The second-order valence-electron chi connectivity index (χ2n) is 3.88. The predicted molar refractivity (Wildman–Crippen MR) is 66.6 cm³/mol. The minimum absolute atomic E-state index is 0.0727. The monoisotopic (exact) mass is 263 g/mol. The molecule has 0 saturated carbocycles. The minimum atomic E-state index is -1.11. The minimum Gasteiger partial charge on any atom is -0.467 e. The SMILES string of the molecule is COC(=O)[C@@H](CO)NC(=O)c1cc2ccccc2o1. The van der Waals surface area contributed by atoms with E-state index in [0.717, 1.165) is 5.39 Å². The van der Waals surface area contributed by atoms with E-state index in [9.17, 15) is 9.59 Å². The van der Waals surface area contributed by atoms with Crippen LogP contribution in [-0.2, 0) is 9.53 Å². The summed E-state index contributed by atoms with van der Waals surface area (Å²) in [5, 5.41) is 12.1. The average molecular weight is 263 g/mol. The van der Waals surface area contributed by atoms with Crippen LogP contribution in [0.2, 0.25) is 0 Å². The molecule has 19 heavy (non-hydrogen) atoms. The highest BCUT2D eigenvalue weighted by molar-refractivity contribution is 5.98. The second-order valence-corrected chi connectivity index (χ2v) is 3.88. The van der Waals surface area contributed by atoms with E-state index in [1.165, 1.54) is 7.11 Å².